The summed E-state index contributed by atoms with van der Waals surface area (Å²) in [5, 5.41) is 3.28. The van der Waals surface area contributed by atoms with Gasteiger partial charge in [-0.2, -0.15) is 13.2 Å². The Morgan fingerprint density at radius 3 is 2.25 bits per heavy atom. The lowest BCUT2D eigenvalue weighted by Gasteiger charge is -2.10. The van der Waals surface area contributed by atoms with Crippen molar-refractivity contribution in [2.24, 2.45) is 0 Å². The molecule has 2 rings (SSSR count). The molecule has 0 aliphatic rings. The summed E-state index contributed by atoms with van der Waals surface area (Å²) in [6.45, 7) is 0.224. The second-order valence-corrected chi connectivity index (χ2v) is 4.57. The van der Waals surface area contributed by atoms with Crippen LogP contribution >= 0.6 is 11.6 Å². The molecule has 1 N–H and O–H groups in total. The normalized spacial score (nSPS) is 11.4. The largest absolute Gasteiger partial charge is 0.416 e. The van der Waals surface area contributed by atoms with Crippen LogP contribution in [0.4, 0.5) is 23.2 Å². The summed E-state index contributed by atoms with van der Waals surface area (Å²) in [5.41, 5.74) is 0.316. The van der Waals surface area contributed by atoms with Crippen LogP contribution in [-0.2, 0) is 12.7 Å². The average Bonchev–Trinajstić information content (AvgIpc) is 2.39. The van der Waals surface area contributed by atoms with Gasteiger partial charge in [0.05, 0.1) is 5.56 Å². The van der Waals surface area contributed by atoms with Crippen LogP contribution in [0.1, 0.15) is 11.1 Å². The van der Waals surface area contributed by atoms with Gasteiger partial charge in [0.15, 0.2) is 0 Å². The Morgan fingerprint density at radius 1 is 1.00 bits per heavy atom. The number of hydrogen-bond donors (Lipinski definition) is 1. The number of halogens is 5. The average molecular weight is 304 g/mol. The van der Waals surface area contributed by atoms with E-state index in [1.54, 1.807) is 0 Å². The zero-order valence-corrected chi connectivity index (χ0v) is 10.9. The summed E-state index contributed by atoms with van der Waals surface area (Å²) in [6, 6.07) is 8.54. The van der Waals surface area contributed by atoms with Crippen molar-refractivity contribution in [2.45, 2.75) is 12.7 Å². The zero-order chi connectivity index (χ0) is 14.8. The third kappa shape index (κ3) is 3.63. The zero-order valence-electron chi connectivity index (χ0n) is 10.1. The summed E-state index contributed by atoms with van der Waals surface area (Å²) in [7, 11) is 0. The van der Waals surface area contributed by atoms with Crippen molar-refractivity contribution in [2.75, 3.05) is 5.32 Å². The van der Waals surface area contributed by atoms with Gasteiger partial charge in [0.1, 0.15) is 5.82 Å². The van der Waals surface area contributed by atoms with Gasteiger partial charge in [-0.1, -0.05) is 11.6 Å². The molecule has 20 heavy (non-hydrogen) atoms. The molecule has 0 heterocycles. The molecule has 6 heteroatoms. The Balaban J connectivity index is 2.06. The molecule has 2 aromatic carbocycles. The minimum atomic E-state index is -4.36. The maximum atomic E-state index is 13.0. The molecule has 0 saturated carbocycles. The predicted octanol–water partition coefficient (Wildman–Crippen LogP) is 5.11. The smallest absolute Gasteiger partial charge is 0.381 e. The van der Waals surface area contributed by atoms with Gasteiger partial charge in [-0.25, -0.2) is 4.39 Å². The molecule has 0 fully saturated rings. The third-order valence-corrected chi connectivity index (χ3v) is 3.07. The van der Waals surface area contributed by atoms with Crippen LogP contribution in [0.3, 0.4) is 0 Å². The van der Waals surface area contributed by atoms with Gasteiger partial charge in [0, 0.05) is 17.3 Å². The minimum absolute atomic E-state index is 0.224. The molecule has 0 unspecified atom stereocenters. The fraction of sp³-hybridized carbons (Fsp3) is 0.143. The van der Waals surface area contributed by atoms with Gasteiger partial charge >= 0.3 is 6.18 Å². The van der Waals surface area contributed by atoms with Crippen LogP contribution in [0.15, 0.2) is 42.5 Å². The molecular formula is C14H10ClF4N. The van der Waals surface area contributed by atoms with E-state index >= 15 is 0 Å². The first-order valence-corrected chi connectivity index (χ1v) is 6.09. The lowest BCUT2D eigenvalue weighted by molar-refractivity contribution is -0.137. The van der Waals surface area contributed by atoms with E-state index in [2.05, 4.69) is 5.32 Å². The van der Waals surface area contributed by atoms with Gasteiger partial charge < -0.3 is 5.32 Å². The van der Waals surface area contributed by atoms with Gasteiger partial charge in [-0.15, -0.1) is 0 Å². The van der Waals surface area contributed by atoms with Crippen LogP contribution in [0, 0.1) is 5.82 Å². The summed E-state index contributed by atoms with van der Waals surface area (Å²) in [5.74, 6) is -0.418. The standard InChI is InChI=1S/C14H10ClF4N/c15-13-6-3-11(16)7-9(13)8-20-12-4-1-10(2-5-12)14(17,18)19/h1-7,20H,8H2. The number of benzene rings is 2. The second kappa shape index (κ2) is 5.71. The lowest BCUT2D eigenvalue weighted by atomic mass is 10.2. The SMILES string of the molecule is Fc1ccc(Cl)c(CNc2ccc(C(F)(F)F)cc2)c1. The fourth-order valence-electron chi connectivity index (χ4n) is 1.65. The maximum Gasteiger partial charge on any atom is 0.416 e. The van der Waals surface area contributed by atoms with Crippen molar-refractivity contribution < 1.29 is 17.6 Å². The second-order valence-electron chi connectivity index (χ2n) is 4.16. The van der Waals surface area contributed by atoms with Crippen LogP contribution < -0.4 is 5.32 Å². The summed E-state index contributed by atoms with van der Waals surface area (Å²) in [4.78, 5) is 0. The van der Waals surface area contributed by atoms with E-state index in [1.807, 2.05) is 0 Å². The summed E-state index contributed by atoms with van der Waals surface area (Å²) in [6.07, 6.45) is -4.36. The van der Waals surface area contributed by atoms with Gasteiger partial charge in [-0.05, 0) is 48.0 Å². The highest BCUT2D eigenvalue weighted by atomic mass is 35.5. The molecule has 0 spiro atoms. The highest BCUT2D eigenvalue weighted by Crippen LogP contribution is 2.30. The lowest BCUT2D eigenvalue weighted by Crippen LogP contribution is -2.05. The molecule has 0 radical (unpaired) electrons. The van der Waals surface area contributed by atoms with Crippen molar-refractivity contribution in [1.82, 2.24) is 0 Å². The van der Waals surface area contributed by atoms with Crippen molar-refractivity contribution in [3.8, 4) is 0 Å². The van der Waals surface area contributed by atoms with E-state index in [9.17, 15) is 17.6 Å². The molecule has 106 valence electrons. The summed E-state index contributed by atoms with van der Waals surface area (Å²) < 4.78 is 50.2. The van der Waals surface area contributed by atoms with E-state index in [1.165, 1.54) is 30.3 Å². The molecule has 0 bridgehead atoms. The maximum absolute atomic E-state index is 13.0. The number of rotatable bonds is 3. The van der Waals surface area contributed by atoms with E-state index in [0.29, 0.717) is 16.3 Å². The molecule has 0 amide bonds. The molecule has 0 atom stereocenters. The quantitative estimate of drug-likeness (QED) is 0.777. The number of alkyl halides is 3. The van der Waals surface area contributed by atoms with E-state index in [4.69, 9.17) is 11.6 Å². The third-order valence-electron chi connectivity index (χ3n) is 2.70. The number of hydrogen-bond acceptors (Lipinski definition) is 1. The molecule has 0 saturated heterocycles. The van der Waals surface area contributed by atoms with Crippen LogP contribution in [0.2, 0.25) is 5.02 Å². The Hall–Kier alpha value is -1.75. The molecule has 0 aromatic heterocycles. The van der Waals surface area contributed by atoms with Crippen molar-refractivity contribution >= 4 is 17.3 Å². The van der Waals surface area contributed by atoms with Gasteiger partial charge in [0.2, 0.25) is 0 Å². The van der Waals surface area contributed by atoms with E-state index in [0.717, 1.165) is 12.1 Å². The molecule has 0 aliphatic carbocycles. The van der Waals surface area contributed by atoms with Crippen molar-refractivity contribution in [3.63, 3.8) is 0 Å². The molecule has 1 nitrogen and oxygen atoms in total. The Kier molecular flexibility index (Phi) is 4.18. The van der Waals surface area contributed by atoms with Crippen molar-refractivity contribution in [1.29, 1.82) is 0 Å². The predicted molar refractivity (Wildman–Crippen MR) is 70.2 cm³/mol. The highest BCUT2D eigenvalue weighted by molar-refractivity contribution is 6.31. The number of nitrogens with one attached hydrogen (secondary N) is 1. The first kappa shape index (κ1) is 14.7. The van der Waals surface area contributed by atoms with Crippen LogP contribution in [0.5, 0.6) is 0 Å². The van der Waals surface area contributed by atoms with Gasteiger partial charge in [0.25, 0.3) is 0 Å². The summed E-state index contributed by atoms with van der Waals surface area (Å²) >= 11 is 5.89. The first-order valence-electron chi connectivity index (χ1n) is 5.71. The highest BCUT2D eigenvalue weighted by Gasteiger charge is 2.29. The van der Waals surface area contributed by atoms with Crippen molar-refractivity contribution in [3.05, 3.63) is 64.4 Å². The van der Waals surface area contributed by atoms with Crippen LogP contribution in [-0.4, -0.2) is 0 Å². The fourth-order valence-corrected chi connectivity index (χ4v) is 1.84. The van der Waals surface area contributed by atoms with E-state index in [-0.39, 0.29) is 6.54 Å². The molecule has 2 aromatic rings. The Bertz CT molecular complexity index is 593. The van der Waals surface area contributed by atoms with E-state index < -0.39 is 17.6 Å². The Morgan fingerprint density at radius 2 is 1.65 bits per heavy atom. The molecule has 0 aliphatic heterocycles. The first-order chi connectivity index (χ1) is 9.36. The monoisotopic (exact) mass is 303 g/mol. The Labute approximate surface area is 118 Å². The topological polar surface area (TPSA) is 12.0 Å². The minimum Gasteiger partial charge on any atom is -0.381 e. The number of anilines is 1. The molecular weight excluding hydrogens is 294 g/mol. The van der Waals surface area contributed by atoms with Crippen LogP contribution in [0.25, 0.3) is 0 Å². The van der Waals surface area contributed by atoms with Gasteiger partial charge in [-0.3, -0.25) is 0 Å².